The molecule has 3 aliphatic rings. The Kier molecular flexibility index (Phi) is 6.63. The second kappa shape index (κ2) is 9.90. The molecule has 0 amide bonds. The fraction of sp³-hybridized carbons (Fsp3) is 0.235. The van der Waals surface area contributed by atoms with E-state index in [9.17, 15) is 9.59 Å². The van der Waals surface area contributed by atoms with Gasteiger partial charge in [-0.2, -0.15) is 0 Å². The zero-order valence-electron chi connectivity index (χ0n) is 22.5. The van der Waals surface area contributed by atoms with Crippen molar-refractivity contribution < 1.29 is 19.1 Å². The average Bonchev–Trinajstić information content (AvgIpc) is 2.95. The second-order valence-corrected chi connectivity index (χ2v) is 12.4. The van der Waals surface area contributed by atoms with Gasteiger partial charge in [0.05, 0.1) is 10.8 Å². The summed E-state index contributed by atoms with van der Waals surface area (Å²) in [5.41, 5.74) is 6.00. The molecule has 0 N–H and O–H groups in total. The van der Waals surface area contributed by atoms with E-state index in [1.54, 1.807) is 12.1 Å². The highest BCUT2D eigenvalue weighted by Gasteiger charge is 2.54. The van der Waals surface area contributed by atoms with Gasteiger partial charge in [-0.25, -0.2) is 0 Å². The first-order valence-corrected chi connectivity index (χ1v) is 14.7. The molecule has 0 spiro atoms. The molecule has 4 aromatic rings. The van der Waals surface area contributed by atoms with E-state index in [0.29, 0.717) is 22.9 Å². The molecular formula is C34H28BrClO4. The standard InChI is InChI=1S/C34H28BrClO4/c1-33(2,3)32(38)40-26-16-17-27(39-28(37)19-35)31-30(26)29-22-8-4-6-10-24(22)34(31,25-11-7-5-9-23(25)29)18-20-12-14-21(36)15-13-20/h4-17,29H,18-19H2,1-3H3. The molecule has 4 nitrogen and oxygen atoms in total. The minimum atomic E-state index is -0.711. The van der Waals surface area contributed by atoms with Crippen LogP contribution in [0.3, 0.4) is 0 Å². The van der Waals surface area contributed by atoms with E-state index in [1.165, 1.54) is 0 Å². The SMILES string of the molecule is CC(C)(C)C(=O)Oc1ccc(OC(=O)CBr)c2c1C1c3ccccc3C2(Cc2ccc(Cl)cc2)c2ccccc21. The molecular weight excluding hydrogens is 588 g/mol. The van der Waals surface area contributed by atoms with Gasteiger partial charge in [-0.1, -0.05) is 88.2 Å². The zero-order valence-corrected chi connectivity index (χ0v) is 24.8. The van der Waals surface area contributed by atoms with E-state index >= 15 is 0 Å². The van der Waals surface area contributed by atoms with Crippen LogP contribution < -0.4 is 9.47 Å². The predicted octanol–water partition coefficient (Wildman–Crippen LogP) is 7.98. The first-order chi connectivity index (χ1) is 19.1. The topological polar surface area (TPSA) is 52.6 Å². The molecule has 0 atom stereocenters. The smallest absolute Gasteiger partial charge is 0.321 e. The first kappa shape index (κ1) is 26.8. The van der Waals surface area contributed by atoms with Crippen molar-refractivity contribution in [2.45, 2.75) is 38.5 Å². The van der Waals surface area contributed by atoms with Crippen molar-refractivity contribution in [3.8, 4) is 11.5 Å². The Hall–Kier alpha value is -3.41. The summed E-state index contributed by atoms with van der Waals surface area (Å²) in [7, 11) is 0. The van der Waals surface area contributed by atoms with Crippen LogP contribution in [0.15, 0.2) is 84.9 Å². The molecule has 40 heavy (non-hydrogen) atoms. The van der Waals surface area contributed by atoms with E-state index in [-0.39, 0.29) is 17.2 Å². The molecule has 0 aliphatic heterocycles. The molecule has 3 aliphatic carbocycles. The highest BCUT2D eigenvalue weighted by atomic mass is 79.9. The van der Waals surface area contributed by atoms with Gasteiger partial charge in [-0.3, -0.25) is 9.59 Å². The van der Waals surface area contributed by atoms with Gasteiger partial charge in [-0.05, 0) is 79.3 Å². The average molecular weight is 616 g/mol. The predicted molar refractivity (Wildman–Crippen MR) is 160 cm³/mol. The van der Waals surface area contributed by atoms with E-state index in [0.717, 1.165) is 38.9 Å². The fourth-order valence-electron chi connectivity index (χ4n) is 6.24. The molecule has 0 aromatic heterocycles. The molecule has 2 bridgehead atoms. The Morgan fingerprint density at radius 2 is 1.40 bits per heavy atom. The Morgan fingerprint density at radius 3 is 1.98 bits per heavy atom. The summed E-state index contributed by atoms with van der Waals surface area (Å²) in [6.07, 6.45) is 0.591. The monoisotopic (exact) mass is 614 g/mol. The number of carbonyl (C=O) groups excluding carboxylic acids is 2. The van der Waals surface area contributed by atoms with Crippen LogP contribution in [0.2, 0.25) is 5.02 Å². The lowest BCUT2D eigenvalue weighted by Crippen LogP contribution is -2.44. The Balaban J connectivity index is 1.71. The van der Waals surface area contributed by atoms with Crippen molar-refractivity contribution in [2.24, 2.45) is 5.41 Å². The van der Waals surface area contributed by atoms with Gasteiger partial charge in [-0.15, -0.1) is 0 Å². The zero-order chi connectivity index (χ0) is 28.2. The van der Waals surface area contributed by atoms with Crippen LogP contribution >= 0.6 is 27.5 Å². The van der Waals surface area contributed by atoms with Gasteiger partial charge >= 0.3 is 11.9 Å². The minimum absolute atomic E-state index is 0.0589. The molecule has 0 saturated carbocycles. The summed E-state index contributed by atoms with van der Waals surface area (Å²) in [4.78, 5) is 25.9. The van der Waals surface area contributed by atoms with Crippen molar-refractivity contribution in [2.75, 3.05) is 5.33 Å². The number of carbonyl (C=O) groups is 2. The van der Waals surface area contributed by atoms with Gasteiger partial charge in [0, 0.05) is 22.1 Å². The van der Waals surface area contributed by atoms with Gasteiger partial charge in [0.2, 0.25) is 0 Å². The molecule has 0 fully saturated rings. The normalized spacial score (nSPS) is 18.4. The quantitative estimate of drug-likeness (QED) is 0.130. The van der Waals surface area contributed by atoms with Gasteiger partial charge in [0.1, 0.15) is 16.8 Å². The minimum Gasteiger partial charge on any atom is -0.426 e. The van der Waals surface area contributed by atoms with E-state index in [1.807, 2.05) is 57.2 Å². The Bertz CT molecular complexity index is 1600. The second-order valence-electron chi connectivity index (χ2n) is 11.4. The number of alkyl halides is 1. The van der Waals surface area contributed by atoms with Gasteiger partial charge in [0.25, 0.3) is 0 Å². The number of rotatable bonds is 5. The van der Waals surface area contributed by atoms with Gasteiger partial charge < -0.3 is 9.47 Å². The van der Waals surface area contributed by atoms with Crippen LogP contribution in [0.25, 0.3) is 0 Å². The van der Waals surface area contributed by atoms with Crippen molar-refractivity contribution in [1.82, 2.24) is 0 Å². The van der Waals surface area contributed by atoms with Crippen molar-refractivity contribution >= 4 is 39.5 Å². The highest BCUT2D eigenvalue weighted by Crippen LogP contribution is 2.64. The first-order valence-electron chi connectivity index (χ1n) is 13.2. The van der Waals surface area contributed by atoms with Crippen LogP contribution in [0, 0.1) is 5.41 Å². The maximum atomic E-state index is 13.2. The summed E-state index contributed by atoms with van der Waals surface area (Å²) in [5, 5.41) is 0.724. The summed E-state index contributed by atoms with van der Waals surface area (Å²) in [6.45, 7) is 5.52. The highest BCUT2D eigenvalue weighted by molar-refractivity contribution is 9.09. The lowest BCUT2D eigenvalue weighted by molar-refractivity contribution is -0.143. The Labute approximate surface area is 247 Å². The largest absolute Gasteiger partial charge is 0.426 e. The third-order valence-corrected chi connectivity index (χ3v) is 8.59. The summed E-state index contributed by atoms with van der Waals surface area (Å²) in [5.74, 6) is 0.0434. The number of esters is 2. The van der Waals surface area contributed by atoms with Crippen LogP contribution in [0.1, 0.15) is 65.6 Å². The fourth-order valence-corrected chi connectivity index (χ4v) is 6.48. The lowest BCUT2D eigenvalue weighted by atomic mass is 9.51. The summed E-state index contributed by atoms with van der Waals surface area (Å²) < 4.78 is 12.2. The molecule has 0 unspecified atom stereocenters. The molecule has 202 valence electrons. The molecule has 4 aromatic carbocycles. The third-order valence-electron chi connectivity index (χ3n) is 7.88. The van der Waals surface area contributed by atoms with Crippen LogP contribution in [0.5, 0.6) is 11.5 Å². The van der Waals surface area contributed by atoms with Crippen molar-refractivity contribution in [3.63, 3.8) is 0 Å². The molecule has 0 radical (unpaired) electrons. The number of ether oxygens (including phenoxy) is 2. The number of hydrogen-bond acceptors (Lipinski definition) is 4. The summed E-state index contributed by atoms with van der Waals surface area (Å²) in [6, 6.07) is 28.3. The third kappa shape index (κ3) is 4.18. The molecule has 7 rings (SSSR count). The maximum Gasteiger partial charge on any atom is 0.321 e. The summed E-state index contributed by atoms with van der Waals surface area (Å²) >= 11 is 9.52. The molecule has 0 heterocycles. The van der Waals surface area contributed by atoms with Gasteiger partial charge in [0.15, 0.2) is 0 Å². The number of halogens is 2. The lowest BCUT2D eigenvalue weighted by Gasteiger charge is -2.51. The number of benzene rings is 4. The van der Waals surface area contributed by atoms with Crippen molar-refractivity contribution in [3.05, 3.63) is 129 Å². The van der Waals surface area contributed by atoms with E-state index in [4.69, 9.17) is 21.1 Å². The maximum absolute atomic E-state index is 13.2. The van der Waals surface area contributed by atoms with E-state index in [2.05, 4.69) is 52.3 Å². The van der Waals surface area contributed by atoms with Crippen LogP contribution in [-0.2, 0) is 21.4 Å². The molecule has 0 saturated heterocycles. The Morgan fingerprint density at radius 1 is 0.825 bits per heavy atom. The van der Waals surface area contributed by atoms with Crippen molar-refractivity contribution in [1.29, 1.82) is 0 Å². The van der Waals surface area contributed by atoms with E-state index < -0.39 is 16.8 Å². The number of hydrogen-bond donors (Lipinski definition) is 0. The van der Waals surface area contributed by atoms with Crippen LogP contribution in [0.4, 0.5) is 0 Å². The van der Waals surface area contributed by atoms with Crippen LogP contribution in [-0.4, -0.2) is 17.3 Å². The molecule has 6 heteroatoms.